The number of pyridine rings is 2. The summed E-state index contributed by atoms with van der Waals surface area (Å²) in [5.74, 6) is -3.41. The number of nitrogens with zero attached hydrogens (tertiary/aromatic N) is 2. The van der Waals surface area contributed by atoms with Crippen LogP contribution in [-0.2, 0) is 15.6 Å². The lowest BCUT2D eigenvalue weighted by molar-refractivity contribution is 0.0987. The standard InChI is InChI=1S/C27H24ClF2N3O10P2/c1-2-42-21-10-12-33(17-6-4-16(29)5-7-17)26(35)23(21)19(34)14-15-3-8-20(18(30)13-15)43-22-9-11-31-25(24(22)28)32-27(44(36,37)38)45(39,40)41/h3-13,27H,2,14H2,1H3,(H,31,32)(H2,36,37,38)(H2,39,40,41). The second-order valence-electron chi connectivity index (χ2n) is 9.27. The number of ketones is 1. The maximum Gasteiger partial charge on any atom is 0.360 e. The molecule has 0 atom stereocenters. The molecule has 238 valence electrons. The third kappa shape index (κ3) is 8.02. The van der Waals surface area contributed by atoms with E-state index in [0.29, 0.717) is 5.69 Å². The minimum absolute atomic E-state index is 0.0165. The zero-order valence-electron chi connectivity index (χ0n) is 23.0. The number of ether oxygens (including phenoxy) is 2. The number of anilines is 1. The summed E-state index contributed by atoms with van der Waals surface area (Å²) in [4.78, 5) is 67.7. The summed E-state index contributed by atoms with van der Waals surface area (Å²) in [5, 5.41) is 1.44. The highest BCUT2D eigenvalue weighted by molar-refractivity contribution is 7.71. The Kier molecular flexibility index (Phi) is 10.3. The van der Waals surface area contributed by atoms with Crippen LogP contribution in [0.25, 0.3) is 5.69 Å². The molecule has 0 aliphatic rings. The largest absolute Gasteiger partial charge is 0.493 e. The van der Waals surface area contributed by atoms with Gasteiger partial charge in [0.15, 0.2) is 23.1 Å². The molecule has 4 aromatic rings. The van der Waals surface area contributed by atoms with Crippen LogP contribution in [0.15, 0.2) is 71.8 Å². The van der Waals surface area contributed by atoms with Gasteiger partial charge in [-0.05, 0) is 55.0 Å². The number of benzene rings is 2. The molecule has 0 aliphatic heterocycles. The average molecular weight is 686 g/mol. The van der Waals surface area contributed by atoms with E-state index in [1.54, 1.807) is 6.92 Å². The lowest BCUT2D eigenvalue weighted by Gasteiger charge is -2.22. The fraction of sp³-hybridized carbons (Fsp3) is 0.148. The van der Waals surface area contributed by atoms with Crippen molar-refractivity contribution < 1.29 is 51.8 Å². The molecule has 4 rings (SSSR count). The number of aromatic nitrogens is 2. The highest BCUT2D eigenvalue weighted by atomic mass is 35.5. The van der Waals surface area contributed by atoms with Crippen LogP contribution >= 0.6 is 26.8 Å². The van der Waals surface area contributed by atoms with Crippen LogP contribution in [0.2, 0.25) is 5.02 Å². The van der Waals surface area contributed by atoms with Crippen molar-refractivity contribution in [2.75, 3.05) is 11.9 Å². The lowest BCUT2D eigenvalue weighted by atomic mass is 10.0. The first-order valence-corrected chi connectivity index (χ1v) is 16.5. The van der Waals surface area contributed by atoms with Crippen molar-refractivity contribution in [2.24, 2.45) is 0 Å². The van der Waals surface area contributed by atoms with Gasteiger partial charge in [0.05, 0.1) is 6.61 Å². The number of Topliss-reactive ketones (excluding diaryl/α,β-unsaturated/α-hetero) is 1. The van der Waals surface area contributed by atoms with Crippen molar-refractivity contribution in [2.45, 2.75) is 18.9 Å². The van der Waals surface area contributed by atoms with E-state index in [4.69, 9.17) is 21.1 Å². The van der Waals surface area contributed by atoms with Gasteiger partial charge in [-0.1, -0.05) is 17.7 Å². The van der Waals surface area contributed by atoms with Crippen LogP contribution < -0.4 is 20.3 Å². The van der Waals surface area contributed by atoms with E-state index < -0.39 is 66.7 Å². The fourth-order valence-corrected chi connectivity index (χ4v) is 6.43. The normalized spacial score (nSPS) is 11.8. The summed E-state index contributed by atoms with van der Waals surface area (Å²) in [6, 6.07) is 11.1. The van der Waals surface area contributed by atoms with Gasteiger partial charge in [0.25, 0.3) is 5.56 Å². The molecule has 0 bridgehead atoms. The van der Waals surface area contributed by atoms with Crippen molar-refractivity contribution in [1.29, 1.82) is 0 Å². The van der Waals surface area contributed by atoms with Gasteiger partial charge >= 0.3 is 15.2 Å². The van der Waals surface area contributed by atoms with Crippen LogP contribution in [0.3, 0.4) is 0 Å². The predicted octanol–water partition coefficient (Wildman–Crippen LogP) is 4.83. The molecular formula is C27H24ClF2N3O10P2. The number of halogens is 3. The Morgan fingerprint density at radius 3 is 2.27 bits per heavy atom. The topological polar surface area (TPSA) is 198 Å². The lowest BCUT2D eigenvalue weighted by Crippen LogP contribution is -2.27. The molecule has 5 N–H and O–H groups in total. The molecule has 0 radical (unpaired) electrons. The van der Waals surface area contributed by atoms with E-state index >= 15 is 4.39 Å². The minimum atomic E-state index is -5.39. The molecule has 2 aromatic heterocycles. The Morgan fingerprint density at radius 2 is 1.67 bits per heavy atom. The Morgan fingerprint density at radius 1 is 1.00 bits per heavy atom. The SMILES string of the molecule is CCOc1ccn(-c2ccc(F)cc2)c(=O)c1C(=O)Cc1ccc(Oc2ccnc(NC(P(=O)(O)O)P(=O)(O)O)c2Cl)c(F)c1. The molecule has 0 spiro atoms. The van der Waals surface area contributed by atoms with Gasteiger partial charge in [-0.15, -0.1) is 0 Å². The molecule has 2 aromatic carbocycles. The summed E-state index contributed by atoms with van der Waals surface area (Å²) < 4.78 is 63.8. The number of hydrogen-bond donors (Lipinski definition) is 5. The van der Waals surface area contributed by atoms with Crippen molar-refractivity contribution in [3.8, 4) is 22.9 Å². The molecule has 0 aliphatic carbocycles. The van der Waals surface area contributed by atoms with Crippen LogP contribution in [0.5, 0.6) is 17.2 Å². The number of nitrogens with one attached hydrogen (secondary N) is 1. The first-order valence-electron chi connectivity index (χ1n) is 12.8. The van der Waals surface area contributed by atoms with Crippen molar-refractivity contribution >= 4 is 38.4 Å². The molecule has 0 fully saturated rings. The molecule has 13 nitrogen and oxygen atoms in total. The van der Waals surface area contributed by atoms with Gasteiger partial charge in [0.2, 0.25) is 5.52 Å². The number of carbonyl (C=O) groups is 1. The van der Waals surface area contributed by atoms with Gasteiger partial charge in [0, 0.05) is 30.6 Å². The third-order valence-electron chi connectivity index (χ3n) is 6.08. The van der Waals surface area contributed by atoms with E-state index in [9.17, 15) is 42.7 Å². The summed E-state index contributed by atoms with van der Waals surface area (Å²) in [6.45, 7) is 1.81. The maximum absolute atomic E-state index is 15.1. The summed E-state index contributed by atoms with van der Waals surface area (Å²) in [5.41, 5.74) is -3.23. The van der Waals surface area contributed by atoms with Gasteiger partial charge in [-0.2, -0.15) is 0 Å². The summed E-state index contributed by atoms with van der Waals surface area (Å²) >= 11 is 6.16. The Hall–Kier alpha value is -3.94. The third-order valence-corrected chi connectivity index (χ3v) is 9.78. The summed E-state index contributed by atoms with van der Waals surface area (Å²) in [6.07, 6.45) is 1.99. The van der Waals surface area contributed by atoms with Crippen LogP contribution in [0.1, 0.15) is 22.8 Å². The predicted molar refractivity (Wildman–Crippen MR) is 158 cm³/mol. The van der Waals surface area contributed by atoms with E-state index in [1.165, 1.54) is 30.5 Å². The minimum Gasteiger partial charge on any atom is -0.493 e. The number of rotatable bonds is 12. The Bertz CT molecular complexity index is 1880. The van der Waals surface area contributed by atoms with Crippen LogP contribution in [0.4, 0.5) is 14.6 Å². The van der Waals surface area contributed by atoms with E-state index in [1.807, 2.05) is 5.32 Å². The Balaban J connectivity index is 1.59. The number of carbonyl (C=O) groups excluding carboxylic acids is 1. The zero-order valence-corrected chi connectivity index (χ0v) is 25.5. The van der Waals surface area contributed by atoms with Crippen molar-refractivity contribution in [1.82, 2.24) is 9.55 Å². The van der Waals surface area contributed by atoms with Gasteiger partial charge < -0.3 is 34.4 Å². The van der Waals surface area contributed by atoms with Crippen LogP contribution in [0, 0.1) is 11.6 Å². The molecular weight excluding hydrogens is 662 g/mol. The van der Waals surface area contributed by atoms with E-state index in [-0.39, 0.29) is 29.2 Å². The second-order valence-corrected chi connectivity index (χ2v) is 13.4. The van der Waals surface area contributed by atoms with Crippen molar-refractivity contribution in [3.05, 3.63) is 105 Å². The Labute approximate surface area is 258 Å². The highest BCUT2D eigenvalue weighted by Gasteiger charge is 2.44. The van der Waals surface area contributed by atoms with E-state index in [0.717, 1.165) is 41.1 Å². The highest BCUT2D eigenvalue weighted by Crippen LogP contribution is 2.59. The first-order chi connectivity index (χ1) is 21.1. The molecule has 0 unspecified atom stereocenters. The number of hydrogen-bond acceptors (Lipinski definition) is 8. The van der Waals surface area contributed by atoms with E-state index in [2.05, 4.69) is 4.98 Å². The fourth-order valence-electron chi connectivity index (χ4n) is 4.08. The van der Waals surface area contributed by atoms with Gasteiger partial charge in [0.1, 0.15) is 28.0 Å². The zero-order chi connectivity index (χ0) is 33.1. The van der Waals surface area contributed by atoms with Crippen molar-refractivity contribution in [3.63, 3.8) is 0 Å². The van der Waals surface area contributed by atoms with Crippen LogP contribution in [-0.4, -0.2) is 47.0 Å². The maximum atomic E-state index is 15.1. The molecule has 0 amide bonds. The monoisotopic (exact) mass is 685 g/mol. The molecule has 2 heterocycles. The molecule has 45 heavy (non-hydrogen) atoms. The molecule has 18 heteroatoms. The average Bonchev–Trinajstić information content (AvgIpc) is 2.94. The quantitative estimate of drug-likeness (QED) is 0.101. The first kappa shape index (κ1) is 33.9. The second kappa shape index (κ2) is 13.6. The molecule has 0 saturated carbocycles. The van der Waals surface area contributed by atoms with Gasteiger partial charge in [-0.25, -0.2) is 13.8 Å². The molecule has 0 saturated heterocycles. The smallest absolute Gasteiger partial charge is 0.360 e. The summed E-state index contributed by atoms with van der Waals surface area (Å²) in [7, 11) is -10.8. The van der Waals surface area contributed by atoms with Gasteiger partial charge in [-0.3, -0.25) is 23.3 Å².